The molecule has 1 fully saturated rings. The van der Waals surface area contributed by atoms with Gasteiger partial charge in [-0.15, -0.1) is 11.3 Å². The minimum atomic E-state index is -0.585. The third-order valence-electron chi connectivity index (χ3n) is 4.98. The van der Waals surface area contributed by atoms with Crippen molar-refractivity contribution in [2.24, 2.45) is 0 Å². The lowest BCUT2D eigenvalue weighted by Crippen LogP contribution is -2.21. The van der Waals surface area contributed by atoms with E-state index >= 15 is 0 Å². The summed E-state index contributed by atoms with van der Waals surface area (Å²) in [5.74, 6) is -0.936. The number of aliphatic hydroxyl groups is 1. The van der Waals surface area contributed by atoms with E-state index in [1.807, 2.05) is 30.0 Å². The summed E-state index contributed by atoms with van der Waals surface area (Å²) in [6, 6.07) is 13.3. The molecule has 1 aromatic heterocycles. The van der Waals surface area contributed by atoms with Gasteiger partial charge < -0.3 is 10.0 Å². The van der Waals surface area contributed by atoms with Crippen LogP contribution in [0.2, 0.25) is 0 Å². The summed E-state index contributed by atoms with van der Waals surface area (Å²) >= 11 is 1.45. The van der Waals surface area contributed by atoms with Gasteiger partial charge in [-0.3, -0.25) is 0 Å². The summed E-state index contributed by atoms with van der Waals surface area (Å²) in [6.45, 7) is 3.13. The third kappa shape index (κ3) is 3.39. The van der Waals surface area contributed by atoms with Gasteiger partial charge in [0.05, 0.1) is 11.7 Å². The van der Waals surface area contributed by atoms with Crippen molar-refractivity contribution in [3.63, 3.8) is 0 Å². The standard InChI is InChI=1S/C22H18F2N2OS/c1-13-8-19(14-2-3-15(11-25)20(23)9-14)22(28-13)18-5-4-16(10-21(18)24)26-7-6-17(27)12-26/h2-5,8-10,17,27H,6-7,12H2,1H3. The number of aliphatic hydroxyl groups excluding tert-OH is 1. The summed E-state index contributed by atoms with van der Waals surface area (Å²) in [7, 11) is 0. The first-order chi connectivity index (χ1) is 13.5. The Morgan fingerprint density at radius 2 is 1.93 bits per heavy atom. The van der Waals surface area contributed by atoms with E-state index in [9.17, 15) is 13.9 Å². The van der Waals surface area contributed by atoms with E-state index in [1.54, 1.807) is 12.1 Å². The average molecular weight is 396 g/mol. The molecular weight excluding hydrogens is 378 g/mol. The molecule has 1 unspecified atom stereocenters. The highest BCUT2D eigenvalue weighted by Crippen LogP contribution is 2.41. The Bertz CT molecular complexity index is 1090. The van der Waals surface area contributed by atoms with Gasteiger partial charge in [-0.05, 0) is 55.3 Å². The lowest BCUT2D eigenvalue weighted by Gasteiger charge is -2.18. The van der Waals surface area contributed by atoms with Gasteiger partial charge in [0.25, 0.3) is 0 Å². The summed E-state index contributed by atoms with van der Waals surface area (Å²) in [5.41, 5.74) is 2.55. The van der Waals surface area contributed by atoms with Crippen molar-refractivity contribution in [3.8, 4) is 27.6 Å². The van der Waals surface area contributed by atoms with Crippen LogP contribution >= 0.6 is 11.3 Å². The van der Waals surface area contributed by atoms with E-state index in [0.29, 0.717) is 30.6 Å². The number of hydrogen-bond donors (Lipinski definition) is 1. The number of rotatable bonds is 3. The predicted molar refractivity (Wildman–Crippen MR) is 107 cm³/mol. The maximum absolute atomic E-state index is 15.0. The highest BCUT2D eigenvalue weighted by molar-refractivity contribution is 7.16. The molecule has 3 nitrogen and oxygen atoms in total. The maximum Gasteiger partial charge on any atom is 0.141 e. The molecule has 1 atom stereocenters. The molecule has 142 valence electrons. The van der Waals surface area contributed by atoms with Crippen molar-refractivity contribution < 1.29 is 13.9 Å². The van der Waals surface area contributed by atoms with Crippen LogP contribution in [0, 0.1) is 29.9 Å². The zero-order valence-corrected chi connectivity index (χ0v) is 16.1. The van der Waals surface area contributed by atoms with Crippen molar-refractivity contribution in [2.45, 2.75) is 19.4 Å². The topological polar surface area (TPSA) is 47.3 Å². The smallest absolute Gasteiger partial charge is 0.141 e. The molecule has 6 heteroatoms. The predicted octanol–water partition coefficient (Wildman–Crippen LogP) is 5.11. The van der Waals surface area contributed by atoms with Gasteiger partial charge in [0.2, 0.25) is 0 Å². The van der Waals surface area contributed by atoms with Gasteiger partial charge in [0.15, 0.2) is 0 Å². The largest absolute Gasteiger partial charge is 0.391 e. The lowest BCUT2D eigenvalue weighted by molar-refractivity contribution is 0.198. The second kappa shape index (κ2) is 7.34. The van der Waals surface area contributed by atoms with E-state index in [1.165, 1.54) is 29.5 Å². The lowest BCUT2D eigenvalue weighted by atomic mass is 10.0. The monoisotopic (exact) mass is 396 g/mol. The average Bonchev–Trinajstić information content (AvgIpc) is 3.27. The van der Waals surface area contributed by atoms with E-state index in [2.05, 4.69) is 0 Å². The molecule has 1 aliphatic heterocycles. The van der Waals surface area contributed by atoms with Gasteiger partial charge >= 0.3 is 0 Å². The summed E-state index contributed by atoms with van der Waals surface area (Å²) in [5, 5.41) is 18.6. The van der Waals surface area contributed by atoms with Crippen molar-refractivity contribution in [2.75, 3.05) is 18.0 Å². The second-order valence-corrected chi connectivity index (χ2v) is 8.22. The number of halogens is 2. The van der Waals surface area contributed by atoms with Crippen molar-refractivity contribution in [3.05, 3.63) is 64.5 Å². The number of hydrogen-bond acceptors (Lipinski definition) is 4. The van der Waals surface area contributed by atoms with Crippen LogP contribution in [0.1, 0.15) is 16.9 Å². The van der Waals surface area contributed by atoms with Gasteiger partial charge in [0, 0.05) is 39.7 Å². The third-order valence-corrected chi connectivity index (χ3v) is 6.07. The molecule has 3 aromatic rings. The molecule has 0 saturated carbocycles. The molecule has 0 radical (unpaired) electrons. The summed E-state index contributed by atoms with van der Waals surface area (Å²) in [4.78, 5) is 3.68. The molecule has 1 saturated heterocycles. The number of thiophene rings is 1. The SMILES string of the molecule is Cc1cc(-c2ccc(C#N)c(F)c2)c(-c2ccc(N3CCC(O)C3)cc2F)s1. The normalized spacial score (nSPS) is 16.4. The zero-order valence-electron chi connectivity index (χ0n) is 15.2. The molecule has 0 aliphatic carbocycles. The van der Waals surface area contributed by atoms with Crippen LogP contribution in [0.3, 0.4) is 0 Å². The van der Waals surface area contributed by atoms with Crippen molar-refractivity contribution in [1.82, 2.24) is 0 Å². The first kappa shape index (κ1) is 18.6. The van der Waals surface area contributed by atoms with Gasteiger partial charge in [-0.25, -0.2) is 8.78 Å². The number of anilines is 1. The van der Waals surface area contributed by atoms with E-state index < -0.39 is 5.82 Å². The quantitative estimate of drug-likeness (QED) is 0.669. The molecule has 2 aromatic carbocycles. The van der Waals surface area contributed by atoms with Gasteiger partial charge in [-0.2, -0.15) is 5.26 Å². The van der Waals surface area contributed by atoms with Gasteiger partial charge in [0.1, 0.15) is 17.7 Å². The molecule has 0 bridgehead atoms. The fourth-order valence-corrected chi connectivity index (χ4v) is 4.62. The second-order valence-electron chi connectivity index (χ2n) is 6.96. The summed E-state index contributed by atoms with van der Waals surface area (Å²) in [6.07, 6.45) is 0.308. The van der Waals surface area contributed by atoms with Gasteiger partial charge in [-0.1, -0.05) is 6.07 Å². The van der Waals surface area contributed by atoms with Crippen LogP contribution in [0.4, 0.5) is 14.5 Å². The minimum Gasteiger partial charge on any atom is -0.391 e. The number of β-amino-alcohol motifs (C(OH)–C–C–N with tert-alkyl or cyclic N) is 1. The van der Waals surface area contributed by atoms with Crippen molar-refractivity contribution >= 4 is 17.0 Å². The zero-order chi connectivity index (χ0) is 19.8. The van der Waals surface area contributed by atoms with Crippen LogP contribution in [-0.4, -0.2) is 24.3 Å². The van der Waals surface area contributed by atoms with Crippen LogP contribution in [0.15, 0.2) is 42.5 Å². The fourth-order valence-electron chi connectivity index (χ4n) is 3.56. The van der Waals surface area contributed by atoms with Crippen LogP contribution in [-0.2, 0) is 0 Å². The maximum atomic E-state index is 15.0. The Balaban J connectivity index is 1.74. The fraction of sp³-hybridized carbons (Fsp3) is 0.227. The van der Waals surface area contributed by atoms with E-state index in [4.69, 9.17) is 5.26 Å². The van der Waals surface area contributed by atoms with Crippen molar-refractivity contribution in [1.29, 1.82) is 5.26 Å². The minimum absolute atomic E-state index is 0.0133. The number of nitrogens with zero attached hydrogens (tertiary/aromatic N) is 2. The Morgan fingerprint density at radius 3 is 2.57 bits per heavy atom. The molecule has 1 N–H and O–H groups in total. The molecule has 1 aliphatic rings. The van der Waals surface area contributed by atoms with Crippen LogP contribution < -0.4 is 4.90 Å². The molecule has 2 heterocycles. The molecule has 0 amide bonds. The first-order valence-electron chi connectivity index (χ1n) is 8.99. The Labute approximate surface area is 166 Å². The Kier molecular flexibility index (Phi) is 4.88. The highest BCUT2D eigenvalue weighted by atomic mass is 32.1. The number of benzene rings is 2. The van der Waals surface area contributed by atoms with Crippen LogP contribution in [0.25, 0.3) is 21.6 Å². The highest BCUT2D eigenvalue weighted by Gasteiger charge is 2.22. The molecular formula is C22H18F2N2OS. The Morgan fingerprint density at radius 1 is 1.11 bits per heavy atom. The molecule has 4 rings (SSSR count). The number of nitriles is 1. The molecule has 0 spiro atoms. The molecule has 28 heavy (non-hydrogen) atoms. The van der Waals surface area contributed by atoms with Crippen LogP contribution in [0.5, 0.6) is 0 Å². The first-order valence-corrected chi connectivity index (χ1v) is 9.81. The Hall–Kier alpha value is -2.75. The number of aryl methyl sites for hydroxylation is 1. The van der Waals surface area contributed by atoms with E-state index in [0.717, 1.165) is 21.0 Å². The van der Waals surface area contributed by atoms with E-state index in [-0.39, 0.29) is 17.5 Å². The summed E-state index contributed by atoms with van der Waals surface area (Å²) < 4.78 is 29.1.